The molecule has 7 heteroatoms. The Morgan fingerprint density at radius 2 is 2.04 bits per heavy atom. The molecular weight excluding hydrogens is 292 g/mol. The van der Waals surface area contributed by atoms with Crippen molar-refractivity contribution in [3.05, 3.63) is 46.7 Å². The molecule has 120 valence electrons. The summed E-state index contributed by atoms with van der Waals surface area (Å²) in [6.07, 6.45) is 3.52. The quantitative estimate of drug-likeness (QED) is 0.737. The lowest BCUT2D eigenvalue weighted by atomic mass is 10.2. The summed E-state index contributed by atoms with van der Waals surface area (Å²) < 4.78 is 3.45. The standard InChI is InChI=1S/C16H20N6O/c1-10-6-11(2)22-15(18-10)14(7-17-22)16(23)20(4)8-13-9-21(5)19-12(13)3/h6-7,9H,8H2,1-5H3. The number of rotatable bonds is 3. The third kappa shape index (κ3) is 2.69. The molecule has 0 saturated carbocycles. The molecule has 3 aromatic heterocycles. The molecule has 0 aromatic carbocycles. The fourth-order valence-corrected chi connectivity index (χ4v) is 2.76. The lowest BCUT2D eigenvalue weighted by Gasteiger charge is -2.16. The molecule has 0 N–H and O–H groups in total. The first-order valence-corrected chi connectivity index (χ1v) is 7.43. The van der Waals surface area contributed by atoms with E-state index in [9.17, 15) is 4.79 Å². The van der Waals surface area contributed by atoms with Gasteiger partial charge in [-0.25, -0.2) is 9.50 Å². The molecular formula is C16H20N6O. The molecule has 0 unspecified atom stereocenters. The van der Waals surface area contributed by atoms with Crippen molar-refractivity contribution >= 4 is 11.6 Å². The molecule has 7 nitrogen and oxygen atoms in total. The average molecular weight is 312 g/mol. The number of carbonyl (C=O) groups is 1. The maximum Gasteiger partial charge on any atom is 0.259 e. The number of hydrogen-bond donors (Lipinski definition) is 0. The summed E-state index contributed by atoms with van der Waals surface area (Å²) in [6.45, 7) is 6.31. The second-order valence-electron chi connectivity index (χ2n) is 5.91. The van der Waals surface area contributed by atoms with Crippen molar-refractivity contribution in [1.29, 1.82) is 0 Å². The van der Waals surface area contributed by atoms with E-state index in [4.69, 9.17) is 0 Å². The first-order chi connectivity index (χ1) is 10.9. The van der Waals surface area contributed by atoms with Crippen LogP contribution in [0.1, 0.15) is 33.0 Å². The third-order valence-corrected chi connectivity index (χ3v) is 3.88. The number of aromatic nitrogens is 5. The van der Waals surface area contributed by atoms with Gasteiger partial charge in [0.1, 0.15) is 5.56 Å². The number of carbonyl (C=O) groups excluding carboxylic acids is 1. The Labute approximate surface area is 134 Å². The summed E-state index contributed by atoms with van der Waals surface area (Å²) in [6, 6.07) is 1.94. The molecule has 0 spiro atoms. The van der Waals surface area contributed by atoms with Gasteiger partial charge in [-0.3, -0.25) is 9.48 Å². The van der Waals surface area contributed by atoms with Gasteiger partial charge in [0.05, 0.1) is 11.9 Å². The van der Waals surface area contributed by atoms with Crippen molar-refractivity contribution in [2.24, 2.45) is 7.05 Å². The Kier molecular flexibility index (Phi) is 3.63. The van der Waals surface area contributed by atoms with E-state index in [0.29, 0.717) is 17.8 Å². The number of amides is 1. The molecule has 0 aliphatic rings. The summed E-state index contributed by atoms with van der Waals surface area (Å²) in [4.78, 5) is 18.9. The maximum atomic E-state index is 12.8. The number of fused-ring (bicyclic) bond motifs is 1. The highest BCUT2D eigenvalue weighted by molar-refractivity contribution is 5.99. The van der Waals surface area contributed by atoms with Crippen LogP contribution in [0.3, 0.4) is 0 Å². The minimum Gasteiger partial charge on any atom is -0.337 e. The summed E-state index contributed by atoms with van der Waals surface area (Å²) in [5.74, 6) is -0.0965. The second kappa shape index (κ2) is 5.49. The largest absolute Gasteiger partial charge is 0.337 e. The molecule has 0 fully saturated rings. The highest BCUT2D eigenvalue weighted by atomic mass is 16.2. The van der Waals surface area contributed by atoms with E-state index in [1.165, 1.54) is 0 Å². The fraction of sp³-hybridized carbons (Fsp3) is 0.375. The van der Waals surface area contributed by atoms with Gasteiger partial charge in [0.15, 0.2) is 5.65 Å². The molecule has 0 aliphatic carbocycles. The van der Waals surface area contributed by atoms with Gasteiger partial charge in [-0.05, 0) is 26.8 Å². The first kappa shape index (κ1) is 15.2. The predicted molar refractivity (Wildman–Crippen MR) is 86.2 cm³/mol. The monoisotopic (exact) mass is 312 g/mol. The van der Waals surface area contributed by atoms with Crippen LogP contribution in [-0.2, 0) is 13.6 Å². The highest BCUT2D eigenvalue weighted by Crippen LogP contribution is 2.16. The molecule has 0 atom stereocenters. The number of hydrogen-bond acceptors (Lipinski definition) is 4. The molecule has 0 saturated heterocycles. The molecule has 0 aliphatic heterocycles. The van der Waals surface area contributed by atoms with Crippen LogP contribution < -0.4 is 0 Å². The zero-order chi connectivity index (χ0) is 16.7. The SMILES string of the molecule is Cc1cc(C)n2ncc(C(=O)N(C)Cc3cn(C)nc3C)c2n1. The molecule has 3 aromatic rings. The highest BCUT2D eigenvalue weighted by Gasteiger charge is 2.20. The van der Waals surface area contributed by atoms with E-state index in [2.05, 4.69) is 15.2 Å². The molecule has 0 radical (unpaired) electrons. The summed E-state index contributed by atoms with van der Waals surface area (Å²) >= 11 is 0. The van der Waals surface area contributed by atoms with Gasteiger partial charge in [0.2, 0.25) is 0 Å². The van der Waals surface area contributed by atoms with E-state index >= 15 is 0 Å². The Morgan fingerprint density at radius 1 is 1.30 bits per heavy atom. The second-order valence-corrected chi connectivity index (χ2v) is 5.91. The fourth-order valence-electron chi connectivity index (χ4n) is 2.76. The molecule has 3 heterocycles. The summed E-state index contributed by atoms with van der Waals surface area (Å²) in [7, 11) is 3.65. The van der Waals surface area contributed by atoms with E-state index < -0.39 is 0 Å². The van der Waals surface area contributed by atoms with Crippen molar-refractivity contribution in [1.82, 2.24) is 29.3 Å². The van der Waals surface area contributed by atoms with E-state index in [-0.39, 0.29) is 5.91 Å². The van der Waals surface area contributed by atoms with Gasteiger partial charge in [-0.1, -0.05) is 0 Å². The Hall–Kier alpha value is -2.70. The van der Waals surface area contributed by atoms with E-state index in [0.717, 1.165) is 22.6 Å². The third-order valence-electron chi connectivity index (χ3n) is 3.88. The average Bonchev–Trinajstić information content (AvgIpc) is 3.01. The minimum absolute atomic E-state index is 0.0965. The number of aryl methyl sites for hydroxylation is 4. The van der Waals surface area contributed by atoms with Gasteiger partial charge in [0.25, 0.3) is 5.91 Å². The van der Waals surface area contributed by atoms with Crippen LogP contribution in [0.25, 0.3) is 5.65 Å². The summed E-state index contributed by atoms with van der Waals surface area (Å²) in [5, 5.41) is 8.59. The van der Waals surface area contributed by atoms with Crippen LogP contribution in [0.5, 0.6) is 0 Å². The van der Waals surface area contributed by atoms with Gasteiger partial charge >= 0.3 is 0 Å². The van der Waals surface area contributed by atoms with Crippen molar-refractivity contribution < 1.29 is 4.79 Å². The van der Waals surface area contributed by atoms with Crippen LogP contribution in [-0.4, -0.2) is 42.2 Å². The van der Waals surface area contributed by atoms with Gasteiger partial charge in [0, 0.05) is 43.8 Å². The Balaban J connectivity index is 1.92. The van der Waals surface area contributed by atoms with E-state index in [1.807, 2.05) is 40.1 Å². The smallest absolute Gasteiger partial charge is 0.259 e. The van der Waals surface area contributed by atoms with Crippen molar-refractivity contribution in [2.75, 3.05) is 7.05 Å². The maximum absolute atomic E-state index is 12.8. The zero-order valence-corrected chi connectivity index (χ0v) is 14.0. The minimum atomic E-state index is -0.0965. The number of nitrogens with zero attached hydrogens (tertiary/aromatic N) is 6. The van der Waals surface area contributed by atoms with Crippen LogP contribution in [0, 0.1) is 20.8 Å². The predicted octanol–water partition coefficient (Wildman–Crippen LogP) is 1.66. The Morgan fingerprint density at radius 3 is 2.70 bits per heavy atom. The van der Waals surface area contributed by atoms with Crippen molar-refractivity contribution in [3.8, 4) is 0 Å². The first-order valence-electron chi connectivity index (χ1n) is 7.43. The lowest BCUT2D eigenvalue weighted by molar-refractivity contribution is 0.0786. The normalized spacial score (nSPS) is 11.2. The molecule has 23 heavy (non-hydrogen) atoms. The molecule has 3 rings (SSSR count). The summed E-state index contributed by atoms with van der Waals surface area (Å²) in [5.41, 5.74) is 4.90. The van der Waals surface area contributed by atoms with Crippen LogP contribution >= 0.6 is 0 Å². The van der Waals surface area contributed by atoms with Crippen LogP contribution in [0.4, 0.5) is 0 Å². The van der Waals surface area contributed by atoms with Gasteiger partial charge in [-0.15, -0.1) is 0 Å². The zero-order valence-electron chi connectivity index (χ0n) is 14.0. The van der Waals surface area contributed by atoms with Gasteiger partial charge < -0.3 is 4.90 Å². The Bertz CT molecular complexity index is 891. The lowest BCUT2D eigenvalue weighted by Crippen LogP contribution is -2.26. The molecule has 0 bridgehead atoms. The van der Waals surface area contributed by atoms with Crippen LogP contribution in [0.15, 0.2) is 18.5 Å². The topological polar surface area (TPSA) is 68.3 Å². The molecule has 1 amide bonds. The van der Waals surface area contributed by atoms with E-state index in [1.54, 1.807) is 27.3 Å². The van der Waals surface area contributed by atoms with Gasteiger partial charge in [-0.2, -0.15) is 10.2 Å². The van der Waals surface area contributed by atoms with Crippen molar-refractivity contribution in [3.63, 3.8) is 0 Å². The van der Waals surface area contributed by atoms with Crippen LogP contribution in [0.2, 0.25) is 0 Å². The van der Waals surface area contributed by atoms with Crippen molar-refractivity contribution in [2.45, 2.75) is 27.3 Å².